The lowest BCUT2D eigenvalue weighted by Gasteiger charge is -2.37. The Labute approximate surface area is 146 Å². The number of nitrogens with one attached hydrogen (secondary N) is 1. The smallest absolute Gasteiger partial charge is 0.230 e. The summed E-state index contributed by atoms with van der Waals surface area (Å²) >= 11 is 0. The van der Waals surface area contributed by atoms with Gasteiger partial charge >= 0.3 is 0 Å². The monoisotopic (exact) mass is 339 g/mol. The number of anilines is 3. The van der Waals surface area contributed by atoms with Crippen LogP contribution in [0.3, 0.4) is 0 Å². The van der Waals surface area contributed by atoms with Gasteiger partial charge in [-0.3, -0.25) is 4.79 Å². The Balaban J connectivity index is 1.50. The highest BCUT2D eigenvalue weighted by atomic mass is 16.5. The molecule has 0 unspecified atom stereocenters. The van der Waals surface area contributed by atoms with Crippen molar-refractivity contribution < 1.29 is 9.53 Å². The van der Waals surface area contributed by atoms with Crippen LogP contribution in [0.5, 0.6) is 5.75 Å². The molecule has 25 heavy (non-hydrogen) atoms. The zero-order valence-corrected chi connectivity index (χ0v) is 14.2. The summed E-state index contributed by atoms with van der Waals surface area (Å²) in [5.41, 5.74) is 2.05. The van der Waals surface area contributed by atoms with Gasteiger partial charge in [0.05, 0.1) is 18.7 Å². The molecular formula is C18H21N5O2. The summed E-state index contributed by atoms with van der Waals surface area (Å²) in [4.78, 5) is 24.8. The first-order chi connectivity index (χ1) is 12.3. The number of benzene rings is 1. The Morgan fingerprint density at radius 2 is 1.88 bits per heavy atom. The summed E-state index contributed by atoms with van der Waals surface area (Å²) < 4.78 is 5.75. The first kappa shape index (κ1) is 15.7. The van der Waals surface area contributed by atoms with Crippen LogP contribution in [0.2, 0.25) is 0 Å². The number of rotatable bonds is 4. The Morgan fingerprint density at radius 3 is 2.68 bits per heavy atom. The SMILES string of the molecule is CCOc1ccccc1N1CCN(c2ncnc3c2CC(=O)N3)CC1. The number of ether oxygens (including phenoxy) is 1. The van der Waals surface area contributed by atoms with Crippen molar-refractivity contribution in [2.24, 2.45) is 0 Å². The predicted octanol–water partition coefficient (Wildman–Crippen LogP) is 1.70. The topological polar surface area (TPSA) is 70.6 Å². The molecule has 1 fully saturated rings. The van der Waals surface area contributed by atoms with Gasteiger partial charge in [0.25, 0.3) is 0 Å². The molecule has 2 aliphatic heterocycles. The molecule has 1 saturated heterocycles. The van der Waals surface area contributed by atoms with E-state index >= 15 is 0 Å². The molecule has 7 nitrogen and oxygen atoms in total. The largest absolute Gasteiger partial charge is 0.492 e. The normalized spacial score (nSPS) is 16.6. The minimum atomic E-state index is -0.0129. The molecular weight excluding hydrogens is 318 g/mol. The fraction of sp³-hybridized carbons (Fsp3) is 0.389. The van der Waals surface area contributed by atoms with Crippen molar-refractivity contribution in [3.8, 4) is 5.75 Å². The summed E-state index contributed by atoms with van der Waals surface area (Å²) in [6.45, 7) is 6.11. The third-order valence-corrected chi connectivity index (χ3v) is 4.60. The summed E-state index contributed by atoms with van der Waals surface area (Å²) in [7, 11) is 0. The Kier molecular flexibility index (Phi) is 4.13. The number of nitrogens with zero attached hydrogens (tertiary/aromatic N) is 4. The minimum Gasteiger partial charge on any atom is -0.492 e. The molecule has 0 saturated carbocycles. The van der Waals surface area contributed by atoms with E-state index in [1.807, 2.05) is 25.1 Å². The zero-order valence-electron chi connectivity index (χ0n) is 14.2. The summed E-state index contributed by atoms with van der Waals surface area (Å²) in [6, 6.07) is 8.16. The van der Waals surface area contributed by atoms with Crippen molar-refractivity contribution in [1.82, 2.24) is 9.97 Å². The number of hydrogen-bond acceptors (Lipinski definition) is 6. The molecule has 0 aliphatic carbocycles. The number of piperazine rings is 1. The van der Waals surface area contributed by atoms with Gasteiger partial charge in [-0.05, 0) is 19.1 Å². The van der Waals surface area contributed by atoms with Gasteiger partial charge < -0.3 is 19.9 Å². The highest BCUT2D eigenvalue weighted by molar-refractivity contribution is 5.99. The fourth-order valence-corrected chi connectivity index (χ4v) is 3.44. The second-order valence-electron chi connectivity index (χ2n) is 6.12. The molecule has 7 heteroatoms. The fourth-order valence-electron chi connectivity index (χ4n) is 3.44. The average molecular weight is 339 g/mol. The van der Waals surface area contributed by atoms with Crippen LogP contribution in [0.4, 0.5) is 17.3 Å². The maximum atomic E-state index is 11.7. The van der Waals surface area contributed by atoms with Gasteiger partial charge in [-0.1, -0.05) is 12.1 Å². The third-order valence-electron chi connectivity index (χ3n) is 4.60. The Morgan fingerprint density at radius 1 is 1.12 bits per heavy atom. The van der Waals surface area contributed by atoms with Crippen molar-refractivity contribution in [3.63, 3.8) is 0 Å². The van der Waals surface area contributed by atoms with Gasteiger partial charge in [0, 0.05) is 31.7 Å². The standard InChI is InChI=1S/C18H21N5O2/c1-2-25-15-6-4-3-5-14(15)22-7-9-23(10-8-22)18-13-11-16(24)21-17(13)19-12-20-18/h3-6,12H,2,7-11H2,1H3,(H,19,20,21,24). The van der Waals surface area contributed by atoms with E-state index in [2.05, 4.69) is 31.2 Å². The lowest BCUT2D eigenvalue weighted by Crippen LogP contribution is -2.47. The van der Waals surface area contributed by atoms with Gasteiger partial charge in [0.1, 0.15) is 23.7 Å². The molecule has 1 aromatic carbocycles. The van der Waals surface area contributed by atoms with Crippen molar-refractivity contribution in [2.45, 2.75) is 13.3 Å². The highest BCUT2D eigenvalue weighted by Crippen LogP contribution is 2.32. The van der Waals surface area contributed by atoms with Crippen molar-refractivity contribution >= 4 is 23.2 Å². The lowest BCUT2D eigenvalue weighted by atomic mass is 10.2. The summed E-state index contributed by atoms with van der Waals surface area (Å²) in [6.07, 6.45) is 1.88. The quantitative estimate of drug-likeness (QED) is 0.914. The molecule has 0 spiro atoms. The van der Waals surface area contributed by atoms with Crippen LogP contribution in [-0.2, 0) is 11.2 Å². The molecule has 1 aromatic heterocycles. The Hall–Kier alpha value is -2.83. The summed E-state index contributed by atoms with van der Waals surface area (Å²) in [5, 5.41) is 2.79. The van der Waals surface area contributed by atoms with Gasteiger partial charge in [-0.15, -0.1) is 0 Å². The van der Waals surface area contributed by atoms with Crippen LogP contribution < -0.4 is 19.9 Å². The van der Waals surface area contributed by atoms with Crippen LogP contribution >= 0.6 is 0 Å². The van der Waals surface area contributed by atoms with E-state index in [9.17, 15) is 4.79 Å². The van der Waals surface area contributed by atoms with Crippen LogP contribution in [0, 0.1) is 0 Å². The van der Waals surface area contributed by atoms with Gasteiger partial charge in [-0.2, -0.15) is 0 Å². The number of carbonyl (C=O) groups is 1. The molecule has 0 bridgehead atoms. The van der Waals surface area contributed by atoms with Gasteiger partial charge in [-0.25, -0.2) is 9.97 Å². The Bertz CT molecular complexity index is 787. The van der Waals surface area contributed by atoms with E-state index in [0.717, 1.165) is 49.0 Å². The zero-order chi connectivity index (χ0) is 17.2. The van der Waals surface area contributed by atoms with E-state index in [1.54, 1.807) is 0 Å². The van der Waals surface area contributed by atoms with Crippen LogP contribution in [0.25, 0.3) is 0 Å². The second kappa shape index (κ2) is 6.58. The molecule has 1 amide bonds. The number of hydrogen-bond donors (Lipinski definition) is 1. The number of aromatic nitrogens is 2. The maximum absolute atomic E-state index is 11.7. The molecule has 2 aliphatic rings. The minimum absolute atomic E-state index is 0.0129. The van der Waals surface area contributed by atoms with Crippen molar-refractivity contribution in [1.29, 1.82) is 0 Å². The molecule has 0 atom stereocenters. The molecule has 3 heterocycles. The number of amides is 1. The maximum Gasteiger partial charge on any atom is 0.230 e. The number of para-hydroxylation sites is 2. The van der Waals surface area contributed by atoms with Crippen LogP contribution in [0.1, 0.15) is 12.5 Å². The van der Waals surface area contributed by atoms with E-state index < -0.39 is 0 Å². The van der Waals surface area contributed by atoms with Gasteiger partial charge in [0.15, 0.2) is 0 Å². The first-order valence-corrected chi connectivity index (χ1v) is 8.61. The first-order valence-electron chi connectivity index (χ1n) is 8.61. The summed E-state index contributed by atoms with van der Waals surface area (Å²) in [5.74, 6) is 2.44. The average Bonchev–Trinajstić information content (AvgIpc) is 3.03. The number of carbonyl (C=O) groups excluding carboxylic acids is 1. The molecule has 1 N–H and O–H groups in total. The highest BCUT2D eigenvalue weighted by Gasteiger charge is 2.28. The predicted molar refractivity (Wildman–Crippen MR) is 96.4 cm³/mol. The van der Waals surface area contributed by atoms with Crippen molar-refractivity contribution in [2.75, 3.05) is 47.9 Å². The third kappa shape index (κ3) is 2.97. The van der Waals surface area contributed by atoms with Crippen molar-refractivity contribution in [3.05, 3.63) is 36.2 Å². The van der Waals surface area contributed by atoms with E-state index in [0.29, 0.717) is 18.8 Å². The van der Waals surface area contributed by atoms with E-state index in [4.69, 9.17) is 4.74 Å². The van der Waals surface area contributed by atoms with Gasteiger partial charge in [0.2, 0.25) is 5.91 Å². The number of fused-ring (bicyclic) bond motifs is 1. The van der Waals surface area contributed by atoms with Crippen LogP contribution in [-0.4, -0.2) is 48.7 Å². The molecule has 2 aromatic rings. The second-order valence-corrected chi connectivity index (χ2v) is 6.12. The molecule has 130 valence electrons. The van der Waals surface area contributed by atoms with E-state index in [1.165, 1.54) is 6.33 Å². The lowest BCUT2D eigenvalue weighted by molar-refractivity contribution is -0.115. The van der Waals surface area contributed by atoms with E-state index in [-0.39, 0.29) is 5.91 Å². The van der Waals surface area contributed by atoms with Crippen LogP contribution in [0.15, 0.2) is 30.6 Å². The molecule has 0 radical (unpaired) electrons. The molecule has 4 rings (SSSR count).